The first-order chi connectivity index (χ1) is 24.2. The number of hydrogen-bond acceptors (Lipinski definition) is 7. The van der Waals surface area contributed by atoms with Crippen molar-refractivity contribution in [3.63, 3.8) is 0 Å². The van der Waals surface area contributed by atoms with E-state index < -0.39 is 28.9 Å². The van der Waals surface area contributed by atoms with E-state index in [2.05, 4.69) is 53.8 Å². The molecule has 5 aliphatic carbocycles. The number of hydrogen-bond donors (Lipinski definition) is 3. The molecule has 0 amide bonds. The number of esters is 1. The molecule has 288 valence electrons. The van der Waals surface area contributed by atoms with Gasteiger partial charge in [-0.25, -0.2) is 0 Å². The maximum absolute atomic E-state index is 14.0. The molecule has 0 heterocycles. The highest BCUT2D eigenvalue weighted by atomic mass is 16.5. The third-order valence-corrected chi connectivity index (χ3v) is 16.1. The fourth-order valence-corrected chi connectivity index (χ4v) is 13.0. The van der Waals surface area contributed by atoms with Gasteiger partial charge in [0.2, 0.25) is 0 Å². The van der Waals surface area contributed by atoms with E-state index in [-0.39, 0.29) is 51.8 Å². The maximum atomic E-state index is 14.0. The lowest BCUT2D eigenvalue weighted by atomic mass is 9.33. The van der Waals surface area contributed by atoms with Crippen molar-refractivity contribution >= 4 is 23.4 Å². The van der Waals surface area contributed by atoms with Crippen molar-refractivity contribution < 1.29 is 34.1 Å². The van der Waals surface area contributed by atoms with Crippen LogP contribution in [0.3, 0.4) is 0 Å². The monoisotopic (exact) mass is 719 g/mol. The van der Waals surface area contributed by atoms with Crippen LogP contribution in [-0.4, -0.2) is 53.8 Å². The molecule has 0 aromatic heterocycles. The van der Waals surface area contributed by atoms with E-state index in [1.54, 1.807) is 21.0 Å². The fraction of sp³-hybridized carbons (Fsp3) is 0.750. The van der Waals surface area contributed by atoms with Gasteiger partial charge in [0.05, 0.1) is 25.0 Å². The number of rotatable bonds is 10. The van der Waals surface area contributed by atoms with Crippen LogP contribution < -0.4 is 10.1 Å². The van der Waals surface area contributed by atoms with Crippen LogP contribution >= 0.6 is 0 Å². The van der Waals surface area contributed by atoms with Crippen LogP contribution in [0.25, 0.3) is 0 Å². The van der Waals surface area contributed by atoms with Crippen molar-refractivity contribution in [1.82, 2.24) is 0 Å². The first-order valence-corrected chi connectivity index (χ1v) is 19.9. The Hall–Kier alpha value is -2.87. The van der Waals surface area contributed by atoms with Gasteiger partial charge in [0, 0.05) is 29.5 Å². The Kier molecular flexibility index (Phi) is 9.83. The quantitative estimate of drug-likeness (QED) is 0.205. The van der Waals surface area contributed by atoms with Crippen LogP contribution in [0.5, 0.6) is 5.75 Å². The number of methoxy groups -OCH3 is 1. The highest BCUT2D eigenvalue weighted by Gasteiger charge is 2.70. The molecule has 0 bridgehead atoms. The Morgan fingerprint density at radius 3 is 2.21 bits per heavy atom. The molecule has 0 radical (unpaired) electrons. The van der Waals surface area contributed by atoms with Crippen molar-refractivity contribution in [3.05, 3.63) is 35.4 Å². The minimum Gasteiger partial charge on any atom is -0.497 e. The van der Waals surface area contributed by atoms with Gasteiger partial charge < -0.3 is 25.0 Å². The number of benzene rings is 1. The molecular weight excluding hydrogens is 654 g/mol. The number of carboxylic acids is 1. The third kappa shape index (κ3) is 5.83. The summed E-state index contributed by atoms with van der Waals surface area (Å²) in [5.74, 6) is 0.789. The summed E-state index contributed by atoms with van der Waals surface area (Å²) in [5, 5.41) is 25.3. The minimum absolute atomic E-state index is 0.0213. The molecule has 0 aliphatic heterocycles. The van der Waals surface area contributed by atoms with E-state index in [1.165, 1.54) is 5.57 Å². The van der Waals surface area contributed by atoms with Crippen molar-refractivity contribution in [1.29, 1.82) is 0 Å². The number of aliphatic hydroxyl groups is 1. The zero-order valence-corrected chi connectivity index (χ0v) is 33.5. The molecule has 1 aromatic rings. The number of anilines is 1. The summed E-state index contributed by atoms with van der Waals surface area (Å²) in [6.07, 6.45) is 7.08. The first kappa shape index (κ1) is 38.8. The molecule has 6 rings (SSSR count). The molecule has 4 saturated carbocycles. The molecule has 8 heteroatoms. The summed E-state index contributed by atoms with van der Waals surface area (Å²) in [6, 6.07) is 7.76. The predicted octanol–water partition coefficient (Wildman–Crippen LogP) is 8.86. The standard InChI is InChI=1S/C44H65NO7/c1-26(2)36-30(46)23-44(33(47)25-45-27-11-13-28(51-10)14-12-27)22-21-42(8)29(37(36)44)15-16-32-41(7)19-18-34(52-35(48)24-39(3,4)38(49)50)40(5,6)31(41)17-20-43(32,42)9/h11-14,26,29,31-34,45,47H,15-25H2,1-10H3,(H,49,50)/t29-,31+,32-,33-,34+,41+,42-,43-,44+/m1/s1. The van der Waals surface area contributed by atoms with Crippen molar-refractivity contribution in [2.45, 2.75) is 139 Å². The number of fused-ring (bicyclic) bond motifs is 7. The van der Waals surface area contributed by atoms with Gasteiger partial charge in [0.15, 0.2) is 5.78 Å². The average molecular weight is 720 g/mol. The Labute approximate surface area is 311 Å². The van der Waals surface area contributed by atoms with Crippen molar-refractivity contribution in [3.8, 4) is 5.75 Å². The molecule has 4 fully saturated rings. The van der Waals surface area contributed by atoms with Gasteiger partial charge >= 0.3 is 11.9 Å². The van der Waals surface area contributed by atoms with E-state index in [0.29, 0.717) is 24.8 Å². The Bertz CT molecular complexity index is 1610. The minimum atomic E-state index is -1.17. The van der Waals surface area contributed by atoms with Gasteiger partial charge in [0.25, 0.3) is 0 Å². The summed E-state index contributed by atoms with van der Waals surface area (Å²) in [4.78, 5) is 38.9. The molecule has 9 atom stereocenters. The molecule has 0 saturated heterocycles. The van der Waals surface area contributed by atoms with Crippen LogP contribution in [0.4, 0.5) is 5.69 Å². The second-order valence-corrected chi connectivity index (χ2v) is 19.7. The zero-order chi connectivity index (χ0) is 38.2. The van der Waals surface area contributed by atoms with Gasteiger partial charge in [-0.2, -0.15) is 0 Å². The number of carbonyl (C=O) groups is 3. The fourth-order valence-electron chi connectivity index (χ4n) is 13.0. The molecule has 8 nitrogen and oxygen atoms in total. The van der Waals surface area contributed by atoms with E-state index in [4.69, 9.17) is 9.47 Å². The van der Waals surface area contributed by atoms with E-state index in [1.807, 2.05) is 24.3 Å². The number of nitrogens with one attached hydrogen (secondary N) is 1. The maximum Gasteiger partial charge on any atom is 0.309 e. The van der Waals surface area contributed by atoms with Gasteiger partial charge in [0.1, 0.15) is 11.9 Å². The van der Waals surface area contributed by atoms with Gasteiger partial charge in [-0.05, 0) is 135 Å². The highest BCUT2D eigenvalue weighted by molar-refractivity contribution is 6.00. The molecule has 0 unspecified atom stereocenters. The Balaban J connectivity index is 1.27. The topological polar surface area (TPSA) is 122 Å². The molecular formula is C44H65NO7. The number of aliphatic hydroxyl groups excluding tert-OH is 1. The Morgan fingerprint density at radius 1 is 0.923 bits per heavy atom. The number of Topliss-reactive ketones (excluding diaryl/α,β-unsaturated/α-hetero) is 1. The van der Waals surface area contributed by atoms with Crippen LogP contribution in [0.15, 0.2) is 35.4 Å². The van der Waals surface area contributed by atoms with Gasteiger partial charge in [-0.1, -0.05) is 54.0 Å². The number of ketones is 1. The van der Waals surface area contributed by atoms with Crippen LogP contribution in [0.1, 0.15) is 127 Å². The number of aliphatic carboxylic acids is 1. The van der Waals surface area contributed by atoms with Crippen molar-refractivity contribution in [2.24, 2.45) is 56.2 Å². The lowest BCUT2D eigenvalue weighted by Gasteiger charge is -2.72. The van der Waals surface area contributed by atoms with Gasteiger partial charge in [-0.15, -0.1) is 0 Å². The van der Waals surface area contributed by atoms with Crippen molar-refractivity contribution in [2.75, 3.05) is 19.0 Å². The smallest absolute Gasteiger partial charge is 0.309 e. The second kappa shape index (κ2) is 13.2. The second-order valence-electron chi connectivity index (χ2n) is 19.7. The normalized spacial score (nSPS) is 37.3. The molecule has 0 spiro atoms. The number of ether oxygens (including phenoxy) is 2. The summed E-state index contributed by atoms with van der Waals surface area (Å²) in [7, 11) is 1.65. The number of carbonyl (C=O) groups excluding carboxylic acids is 2. The molecule has 5 aliphatic rings. The SMILES string of the molecule is COc1ccc(NC[C@@H](O)[C@@]23CC[C@]4(C)[C@H](CC[C@@H]5[C@@]6(C)CC[C@H](OC(=O)CC(C)(C)C(=O)O)C(C)(C)[C@@H]6CC[C@]54C)C2=C(C(C)C)C(=O)C3)cc1. The summed E-state index contributed by atoms with van der Waals surface area (Å²) >= 11 is 0. The first-order valence-electron chi connectivity index (χ1n) is 19.9. The lowest BCUT2D eigenvalue weighted by Crippen LogP contribution is -2.66. The largest absolute Gasteiger partial charge is 0.497 e. The number of carboxylic acid groups (broad SMARTS) is 1. The third-order valence-electron chi connectivity index (χ3n) is 16.1. The van der Waals surface area contributed by atoms with Crippen LogP contribution in [0, 0.1) is 56.2 Å². The lowest BCUT2D eigenvalue weighted by molar-refractivity contribution is -0.235. The van der Waals surface area contributed by atoms with Crippen LogP contribution in [0.2, 0.25) is 0 Å². The predicted molar refractivity (Wildman–Crippen MR) is 203 cm³/mol. The summed E-state index contributed by atoms with van der Waals surface area (Å²) < 4.78 is 11.5. The molecule has 52 heavy (non-hydrogen) atoms. The highest BCUT2D eigenvalue weighted by Crippen LogP contribution is 2.77. The average Bonchev–Trinajstić information content (AvgIpc) is 3.38. The summed E-state index contributed by atoms with van der Waals surface area (Å²) in [5.41, 5.74) is 1.30. The Morgan fingerprint density at radius 2 is 1.60 bits per heavy atom. The number of allylic oxidation sites excluding steroid dienone is 1. The van der Waals surface area contributed by atoms with Gasteiger partial charge in [-0.3, -0.25) is 14.4 Å². The molecule has 3 N–H and O–H groups in total. The van der Waals surface area contributed by atoms with Crippen LogP contribution in [-0.2, 0) is 19.1 Å². The zero-order valence-electron chi connectivity index (χ0n) is 33.5. The van der Waals surface area contributed by atoms with E-state index in [0.717, 1.165) is 68.4 Å². The van der Waals surface area contributed by atoms with E-state index in [9.17, 15) is 24.6 Å². The molecule has 1 aromatic carbocycles. The van der Waals surface area contributed by atoms with E-state index >= 15 is 0 Å². The summed E-state index contributed by atoms with van der Waals surface area (Å²) in [6.45, 7) is 20.0.